The molecule has 0 amide bonds. The van der Waals surface area contributed by atoms with Crippen LogP contribution in [0.2, 0.25) is 0 Å². The zero-order chi connectivity index (χ0) is 14.7. The van der Waals surface area contributed by atoms with Gasteiger partial charge in [-0.05, 0) is 37.0 Å². The van der Waals surface area contributed by atoms with Crippen LogP contribution in [0.15, 0.2) is 48.5 Å². The van der Waals surface area contributed by atoms with Gasteiger partial charge in [0.15, 0.2) is 0 Å². The molecule has 3 heteroatoms. The van der Waals surface area contributed by atoms with E-state index in [-0.39, 0.29) is 11.9 Å². The van der Waals surface area contributed by atoms with Crippen LogP contribution in [-0.4, -0.2) is 12.6 Å². The highest BCUT2D eigenvalue weighted by atomic mass is 19.1. The van der Waals surface area contributed by atoms with Crippen molar-refractivity contribution in [1.82, 2.24) is 5.32 Å². The van der Waals surface area contributed by atoms with Crippen molar-refractivity contribution in [1.29, 1.82) is 0 Å². The first kappa shape index (κ1) is 14.1. The highest BCUT2D eigenvalue weighted by Crippen LogP contribution is 2.25. The van der Waals surface area contributed by atoms with E-state index in [1.807, 2.05) is 36.4 Å². The second kappa shape index (κ2) is 6.27. The summed E-state index contributed by atoms with van der Waals surface area (Å²) in [5, 5.41) is 3.48. The monoisotopic (exact) mass is 285 g/mol. The summed E-state index contributed by atoms with van der Waals surface area (Å²) in [5.74, 6) is 0.346. The molecule has 1 atom stereocenters. The molecule has 110 valence electrons. The zero-order valence-electron chi connectivity index (χ0n) is 12.2. The van der Waals surface area contributed by atoms with E-state index < -0.39 is 0 Å². The summed E-state index contributed by atoms with van der Waals surface area (Å²) < 4.78 is 19.7. The highest BCUT2D eigenvalue weighted by Gasteiger charge is 2.23. The second-order valence-electron chi connectivity index (χ2n) is 5.61. The quantitative estimate of drug-likeness (QED) is 0.866. The zero-order valence-corrected chi connectivity index (χ0v) is 12.2. The number of hydrogen-bond donors (Lipinski definition) is 1. The summed E-state index contributed by atoms with van der Waals surface area (Å²) in [6.45, 7) is 2.49. The van der Waals surface area contributed by atoms with E-state index in [2.05, 4.69) is 5.32 Å². The van der Waals surface area contributed by atoms with Gasteiger partial charge in [0.25, 0.3) is 0 Å². The number of aryl methyl sites for hydroxylation is 1. The molecule has 1 unspecified atom stereocenters. The second-order valence-corrected chi connectivity index (χ2v) is 5.61. The number of benzene rings is 2. The molecule has 0 aromatic heterocycles. The maximum Gasteiger partial charge on any atom is 0.136 e. The van der Waals surface area contributed by atoms with Crippen LogP contribution in [0.3, 0.4) is 0 Å². The van der Waals surface area contributed by atoms with E-state index in [9.17, 15) is 4.39 Å². The van der Waals surface area contributed by atoms with Gasteiger partial charge in [0, 0.05) is 18.7 Å². The fourth-order valence-electron chi connectivity index (χ4n) is 2.27. The van der Waals surface area contributed by atoms with E-state index >= 15 is 0 Å². The molecule has 1 aliphatic carbocycles. The number of rotatable bonds is 6. The van der Waals surface area contributed by atoms with Crippen LogP contribution in [0.1, 0.15) is 30.1 Å². The first-order valence-corrected chi connectivity index (χ1v) is 7.43. The Kier molecular flexibility index (Phi) is 4.20. The van der Waals surface area contributed by atoms with Gasteiger partial charge in [-0.15, -0.1) is 0 Å². The van der Waals surface area contributed by atoms with E-state index in [0.29, 0.717) is 17.4 Å². The van der Waals surface area contributed by atoms with Crippen molar-refractivity contribution in [2.45, 2.75) is 31.9 Å². The maximum absolute atomic E-state index is 13.7. The Hall–Kier alpha value is -1.87. The van der Waals surface area contributed by atoms with Crippen LogP contribution in [0.5, 0.6) is 5.75 Å². The topological polar surface area (TPSA) is 21.3 Å². The largest absolute Gasteiger partial charge is 0.484 e. The molecule has 1 saturated carbocycles. The number of nitrogens with one attached hydrogen (secondary N) is 1. The molecule has 1 N–H and O–H groups in total. The predicted molar refractivity (Wildman–Crippen MR) is 82.0 cm³/mol. The number of ether oxygens (including phenoxy) is 1. The Morgan fingerprint density at radius 2 is 1.95 bits per heavy atom. The Morgan fingerprint density at radius 3 is 2.62 bits per heavy atom. The van der Waals surface area contributed by atoms with Crippen molar-refractivity contribution in [2.24, 2.45) is 0 Å². The minimum atomic E-state index is -0.227. The summed E-state index contributed by atoms with van der Waals surface area (Å²) in [7, 11) is 0. The van der Waals surface area contributed by atoms with Crippen LogP contribution in [0.25, 0.3) is 0 Å². The highest BCUT2D eigenvalue weighted by molar-refractivity contribution is 5.29. The molecule has 0 heterocycles. The van der Waals surface area contributed by atoms with Gasteiger partial charge in [0.05, 0.1) is 0 Å². The van der Waals surface area contributed by atoms with Crippen molar-refractivity contribution in [3.63, 3.8) is 0 Å². The van der Waals surface area contributed by atoms with Crippen LogP contribution >= 0.6 is 0 Å². The molecule has 0 aliphatic heterocycles. The Balaban J connectivity index is 1.75. The van der Waals surface area contributed by atoms with E-state index in [0.717, 1.165) is 12.1 Å². The summed E-state index contributed by atoms with van der Waals surface area (Å²) >= 11 is 0. The molecule has 0 saturated heterocycles. The van der Waals surface area contributed by atoms with Gasteiger partial charge in [-0.2, -0.15) is 0 Å². The molecule has 0 bridgehead atoms. The van der Waals surface area contributed by atoms with Gasteiger partial charge in [0.2, 0.25) is 0 Å². The van der Waals surface area contributed by atoms with Crippen molar-refractivity contribution >= 4 is 0 Å². The molecule has 0 radical (unpaired) electrons. The molecule has 2 aromatic carbocycles. The fraction of sp³-hybridized carbons (Fsp3) is 0.333. The molecular weight excluding hydrogens is 265 g/mol. The van der Waals surface area contributed by atoms with E-state index in [1.54, 1.807) is 13.0 Å². The van der Waals surface area contributed by atoms with Crippen LogP contribution in [0, 0.1) is 12.7 Å². The first-order chi connectivity index (χ1) is 10.2. The lowest BCUT2D eigenvalue weighted by Gasteiger charge is -2.20. The third kappa shape index (κ3) is 3.82. The van der Waals surface area contributed by atoms with Crippen LogP contribution in [-0.2, 0) is 0 Å². The third-order valence-electron chi connectivity index (χ3n) is 3.76. The summed E-state index contributed by atoms with van der Waals surface area (Å²) in [5.41, 5.74) is 1.74. The minimum absolute atomic E-state index is 0.103. The first-order valence-electron chi connectivity index (χ1n) is 7.43. The van der Waals surface area contributed by atoms with Gasteiger partial charge in [0.1, 0.15) is 17.7 Å². The average Bonchev–Trinajstić information content (AvgIpc) is 3.32. The normalized spacial score (nSPS) is 15.7. The summed E-state index contributed by atoms with van der Waals surface area (Å²) in [6.07, 6.45) is 2.37. The van der Waals surface area contributed by atoms with Crippen LogP contribution in [0.4, 0.5) is 4.39 Å². The summed E-state index contributed by atoms with van der Waals surface area (Å²) in [6, 6.07) is 15.7. The molecule has 0 spiro atoms. The summed E-state index contributed by atoms with van der Waals surface area (Å²) in [4.78, 5) is 0. The van der Waals surface area contributed by atoms with E-state index in [4.69, 9.17) is 4.74 Å². The van der Waals surface area contributed by atoms with Crippen molar-refractivity contribution < 1.29 is 9.13 Å². The van der Waals surface area contributed by atoms with Crippen molar-refractivity contribution in [3.8, 4) is 5.75 Å². The van der Waals surface area contributed by atoms with Gasteiger partial charge in [-0.25, -0.2) is 4.39 Å². The lowest BCUT2D eigenvalue weighted by atomic mass is 10.1. The molecule has 1 aliphatic rings. The van der Waals surface area contributed by atoms with Gasteiger partial charge >= 0.3 is 0 Å². The molecule has 1 fully saturated rings. The molecule has 2 nitrogen and oxygen atoms in total. The lowest BCUT2D eigenvalue weighted by Crippen LogP contribution is -2.26. The fourth-order valence-corrected chi connectivity index (χ4v) is 2.27. The van der Waals surface area contributed by atoms with Crippen LogP contribution < -0.4 is 10.1 Å². The number of halogens is 1. The maximum atomic E-state index is 13.7. The third-order valence-corrected chi connectivity index (χ3v) is 3.76. The predicted octanol–water partition coefficient (Wildman–Crippen LogP) is 4.01. The smallest absolute Gasteiger partial charge is 0.136 e. The van der Waals surface area contributed by atoms with Gasteiger partial charge in [-0.1, -0.05) is 36.4 Å². The average molecular weight is 285 g/mol. The molecule has 2 aromatic rings. The molecule has 21 heavy (non-hydrogen) atoms. The molecule has 3 rings (SSSR count). The Bertz CT molecular complexity index is 595. The van der Waals surface area contributed by atoms with Gasteiger partial charge in [-0.3, -0.25) is 0 Å². The van der Waals surface area contributed by atoms with E-state index in [1.165, 1.54) is 18.9 Å². The minimum Gasteiger partial charge on any atom is -0.484 e. The Labute approximate surface area is 125 Å². The standard InChI is InChI=1S/C18H20FNO/c1-13-7-10-16(11-17(13)19)21-18(12-20-15-8-9-15)14-5-3-2-4-6-14/h2-7,10-11,15,18,20H,8-9,12H2,1H3. The Morgan fingerprint density at radius 1 is 1.19 bits per heavy atom. The van der Waals surface area contributed by atoms with Gasteiger partial charge < -0.3 is 10.1 Å². The lowest BCUT2D eigenvalue weighted by molar-refractivity contribution is 0.200. The SMILES string of the molecule is Cc1ccc(OC(CNC2CC2)c2ccccc2)cc1F. The number of hydrogen-bond acceptors (Lipinski definition) is 2. The van der Waals surface area contributed by atoms with Crippen molar-refractivity contribution in [3.05, 3.63) is 65.5 Å². The molecular formula is C18H20FNO. The van der Waals surface area contributed by atoms with Crippen molar-refractivity contribution in [2.75, 3.05) is 6.54 Å².